The first-order valence-corrected chi connectivity index (χ1v) is 7.15. The second-order valence-corrected chi connectivity index (χ2v) is 5.25. The largest absolute Gasteiger partial charge is 0.480 e. The van der Waals surface area contributed by atoms with Crippen LogP contribution in [0.5, 0.6) is 5.88 Å². The van der Waals surface area contributed by atoms with Gasteiger partial charge in [0.2, 0.25) is 17.4 Å². The molecule has 130 valence electrons. The van der Waals surface area contributed by atoms with Crippen molar-refractivity contribution in [2.45, 2.75) is 31.5 Å². The number of rotatable bonds is 3. The summed E-state index contributed by atoms with van der Waals surface area (Å²) < 4.78 is 12.1. The van der Waals surface area contributed by atoms with E-state index in [9.17, 15) is 20.1 Å². The van der Waals surface area contributed by atoms with Gasteiger partial charge in [0.25, 0.3) is 0 Å². The lowest BCUT2D eigenvalue weighted by atomic mass is 10.1. The Hall–Kier alpha value is -2.34. The molecule has 1 amide bonds. The fraction of sp³-hybridized carbons (Fsp3) is 0.538. The van der Waals surface area contributed by atoms with Crippen LogP contribution in [0.4, 0.5) is 0 Å². The normalized spacial score (nSPS) is 27.8. The number of imidazole rings is 1. The lowest BCUT2D eigenvalue weighted by Gasteiger charge is -2.21. The summed E-state index contributed by atoms with van der Waals surface area (Å²) in [6.07, 6.45) is -3.47. The van der Waals surface area contributed by atoms with Gasteiger partial charge in [-0.3, -0.25) is 4.79 Å². The average Bonchev–Trinajstić information content (AvgIpc) is 3.11. The molecule has 1 fully saturated rings. The van der Waals surface area contributed by atoms with E-state index in [2.05, 4.69) is 19.9 Å². The summed E-state index contributed by atoms with van der Waals surface area (Å²) in [4.78, 5) is 26.2. The van der Waals surface area contributed by atoms with E-state index in [-0.39, 0.29) is 17.1 Å². The molecule has 2 aromatic heterocycles. The lowest BCUT2D eigenvalue weighted by Crippen LogP contribution is -2.37. The van der Waals surface area contributed by atoms with Crippen LogP contribution < -0.4 is 10.4 Å². The van der Waals surface area contributed by atoms with Crippen molar-refractivity contribution < 1.29 is 29.6 Å². The van der Waals surface area contributed by atoms with Gasteiger partial charge in [-0.25, -0.2) is 9.55 Å². The highest BCUT2D eigenvalue weighted by molar-refractivity contribution is 5.76. The molecule has 2 aromatic rings. The molecular formula is C13H17N5O6. The number of aromatic nitrogens is 4. The second-order valence-electron chi connectivity index (χ2n) is 5.25. The summed E-state index contributed by atoms with van der Waals surface area (Å²) >= 11 is 0. The van der Waals surface area contributed by atoms with Crippen molar-refractivity contribution in [3.63, 3.8) is 0 Å². The van der Waals surface area contributed by atoms with Crippen LogP contribution in [0.1, 0.15) is 13.2 Å². The van der Waals surface area contributed by atoms with Crippen molar-refractivity contribution in [1.29, 1.82) is 0 Å². The number of carbonyl (C=O) groups excluding carboxylic acids is 1. The van der Waals surface area contributed by atoms with Crippen LogP contribution in [0.25, 0.3) is 11.2 Å². The van der Waals surface area contributed by atoms with Gasteiger partial charge in [-0.1, -0.05) is 0 Å². The first kappa shape index (κ1) is 16.5. The molecule has 0 unspecified atom stereocenters. The Morgan fingerprint density at radius 1 is 1.50 bits per heavy atom. The van der Waals surface area contributed by atoms with E-state index in [1.54, 1.807) is 0 Å². The molecule has 0 spiro atoms. The number of hydrogen-bond acceptors (Lipinski definition) is 8. The van der Waals surface area contributed by atoms with Gasteiger partial charge in [-0.15, -0.1) is 0 Å². The Bertz CT molecular complexity index is 830. The van der Waals surface area contributed by atoms with E-state index in [0.29, 0.717) is 5.52 Å². The average molecular weight is 339 g/mol. The third kappa shape index (κ3) is 2.57. The number of nitrogens with zero attached hydrogens (tertiary/aromatic N) is 4. The van der Waals surface area contributed by atoms with Crippen LogP contribution in [0, 0.1) is 0 Å². The third-order valence-electron chi connectivity index (χ3n) is 3.70. The van der Waals surface area contributed by atoms with E-state index in [1.807, 2.05) is 0 Å². The summed E-state index contributed by atoms with van der Waals surface area (Å²) in [6.45, 7) is 0.751. The van der Waals surface area contributed by atoms with Crippen LogP contribution in [0.15, 0.2) is 11.3 Å². The Balaban J connectivity index is 2.27. The Labute approximate surface area is 135 Å². The van der Waals surface area contributed by atoms with Gasteiger partial charge >= 0.3 is 0 Å². The van der Waals surface area contributed by atoms with Crippen LogP contribution in [-0.2, 0) is 9.53 Å². The van der Waals surface area contributed by atoms with Crippen molar-refractivity contribution in [2.75, 3.05) is 13.7 Å². The summed E-state index contributed by atoms with van der Waals surface area (Å²) in [5.41, 5.74) is 0.557. The SMILES string of the molecule is COc1c2[nH]cnc2nc(=NC(C)=O)n1[C@@H]1O[C@H](CO)[C@H](O)[C@H]1O. The molecule has 0 saturated carbocycles. The van der Waals surface area contributed by atoms with E-state index in [4.69, 9.17) is 9.47 Å². The molecule has 1 aliphatic heterocycles. The summed E-state index contributed by atoms with van der Waals surface area (Å²) in [5, 5.41) is 29.5. The number of aliphatic hydroxyl groups is 3. The molecule has 0 aliphatic carbocycles. The van der Waals surface area contributed by atoms with Gasteiger partial charge in [-0.05, 0) is 0 Å². The zero-order chi connectivity index (χ0) is 17.4. The van der Waals surface area contributed by atoms with Gasteiger partial charge < -0.3 is 29.8 Å². The van der Waals surface area contributed by atoms with Gasteiger partial charge in [0.1, 0.15) is 23.8 Å². The van der Waals surface area contributed by atoms with Crippen molar-refractivity contribution in [3.8, 4) is 5.88 Å². The minimum Gasteiger partial charge on any atom is -0.480 e. The first-order chi connectivity index (χ1) is 11.5. The van der Waals surface area contributed by atoms with Crippen molar-refractivity contribution in [2.24, 2.45) is 4.99 Å². The fourth-order valence-electron chi connectivity index (χ4n) is 2.63. The number of aromatic amines is 1. The molecule has 1 aliphatic rings. The molecule has 0 radical (unpaired) electrons. The molecular weight excluding hydrogens is 322 g/mol. The number of nitrogens with one attached hydrogen (secondary N) is 1. The number of aliphatic hydroxyl groups excluding tert-OH is 3. The molecule has 24 heavy (non-hydrogen) atoms. The predicted molar refractivity (Wildman–Crippen MR) is 77.7 cm³/mol. The zero-order valence-corrected chi connectivity index (χ0v) is 12.9. The first-order valence-electron chi connectivity index (χ1n) is 7.15. The van der Waals surface area contributed by atoms with Gasteiger partial charge in [0, 0.05) is 6.92 Å². The molecule has 4 atom stereocenters. The van der Waals surface area contributed by atoms with E-state index < -0.39 is 37.1 Å². The molecule has 11 nitrogen and oxygen atoms in total. The number of H-pyrrole nitrogens is 1. The highest BCUT2D eigenvalue weighted by Crippen LogP contribution is 2.32. The third-order valence-corrected chi connectivity index (χ3v) is 3.70. The monoisotopic (exact) mass is 339 g/mol. The fourth-order valence-corrected chi connectivity index (χ4v) is 2.63. The van der Waals surface area contributed by atoms with Gasteiger partial charge in [0.05, 0.1) is 20.0 Å². The summed E-state index contributed by atoms with van der Waals surface area (Å²) in [5.74, 6) is -0.368. The Morgan fingerprint density at radius 2 is 2.25 bits per heavy atom. The number of carbonyl (C=O) groups is 1. The van der Waals surface area contributed by atoms with Gasteiger partial charge in [0.15, 0.2) is 11.9 Å². The van der Waals surface area contributed by atoms with E-state index >= 15 is 0 Å². The van der Waals surface area contributed by atoms with E-state index in [1.165, 1.54) is 24.9 Å². The lowest BCUT2D eigenvalue weighted by molar-refractivity contribution is -0.116. The number of amides is 1. The number of ether oxygens (including phenoxy) is 2. The summed E-state index contributed by atoms with van der Waals surface area (Å²) in [7, 11) is 1.38. The number of fused-ring (bicyclic) bond motifs is 1. The minimum atomic E-state index is -1.39. The van der Waals surface area contributed by atoms with Gasteiger partial charge in [-0.2, -0.15) is 9.98 Å². The van der Waals surface area contributed by atoms with Crippen molar-refractivity contribution in [1.82, 2.24) is 19.5 Å². The standard InChI is InChI=1S/C13H17N5O6/c1-5(20)16-13-17-10-7(14-4-15-10)11(23-2)18(13)12-9(22)8(21)6(3-19)24-12/h4,6,8-9,12,19,21-22H,3H2,1-2H3,(H,14,15,16,17,20)/t6-,8+,9-,12-/m1/s1. The quantitative estimate of drug-likeness (QED) is 0.492. The van der Waals surface area contributed by atoms with Crippen LogP contribution in [-0.4, -0.2) is 72.8 Å². The molecule has 4 N–H and O–H groups in total. The number of methoxy groups -OCH3 is 1. The molecule has 0 aromatic carbocycles. The Morgan fingerprint density at radius 3 is 2.83 bits per heavy atom. The van der Waals surface area contributed by atoms with Crippen LogP contribution in [0.3, 0.4) is 0 Å². The maximum absolute atomic E-state index is 11.4. The maximum Gasteiger partial charge on any atom is 0.245 e. The topological polar surface area (TPSA) is 155 Å². The molecule has 0 bridgehead atoms. The highest BCUT2D eigenvalue weighted by Gasteiger charge is 2.44. The maximum atomic E-state index is 11.4. The Kier molecular flexibility index (Phi) is 4.32. The predicted octanol–water partition coefficient (Wildman–Crippen LogP) is -2.17. The second kappa shape index (κ2) is 6.28. The molecule has 11 heteroatoms. The number of hydrogen-bond donors (Lipinski definition) is 4. The van der Waals surface area contributed by atoms with Crippen LogP contribution >= 0.6 is 0 Å². The summed E-state index contributed by atoms with van der Waals surface area (Å²) in [6, 6.07) is 0. The van der Waals surface area contributed by atoms with Crippen molar-refractivity contribution in [3.05, 3.63) is 11.9 Å². The highest BCUT2D eigenvalue weighted by atomic mass is 16.6. The van der Waals surface area contributed by atoms with Crippen LogP contribution in [0.2, 0.25) is 0 Å². The molecule has 3 rings (SSSR count). The van der Waals surface area contributed by atoms with E-state index in [0.717, 1.165) is 0 Å². The molecule has 1 saturated heterocycles. The zero-order valence-electron chi connectivity index (χ0n) is 12.9. The smallest absolute Gasteiger partial charge is 0.245 e. The minimum absolute atomic E-state index is 0.103. The molecule has 3 heterocycles. The van der Waals surface area contributed by atoms with Crippen molar-refractivity contribution >= 4 is 17.1 Å².